The van der Waals surface area contributed by atoms with Crippen LogP contribution in [0.15, 0.2) is 0 Å². The summed E-state index contributed by atoms with van der Waals surface area (Å²) in [6.07, 6.45) is 0. The van der Waals surface area contributed by atoms with Crippen molar-refractivity contribution in [3.8, 4) is 0 Å². The van der Waals surface area contributed by atoms with Crippen molar-refractivity contribution in [1.82, 2.24) is 0 Å². The number of hydrogen-bond acceptors (Lipinski definition) is 0. The van der Waals surface area contributed by atoms with Gasteiger partial charge in [0.2, 0.25) is 0 Å². The summed E-state index contributed by atoms with van der Waals surface area (Å²) in [5, 5.41) is 0. The smallest absolute Gasteiger partial charge is 0 e. The molecule has 0 unspecified atom stereocenters. The van der Waals surface area contributed by atoms with Crippen molar-refractivity contribution >= 4 is 0 Å². The Morgan fingerprint density at radius 3 is 1.00 bits per heavy atom. The molecule has 0 N–H and O–H groups in total. The molecule has 0 aliphatic carbocycles. The molecule has 0 nitrogen and oxygen atoms in total. The molecule has 0 amide bonds. The van der Waals surface area contributed by atoms with Crippen molar-refractivity contribution in [1.29, 1.82) is 0 Å². The van der Waals surface area contributed by atoms with Crippen LogP contribution in [0.5, 0.6) is 0 Å². The van der Waals surface area contributed by atoms with Crippen LogP contribution in [0.25, 0.3) is 0 Å². The van der Waals surface area contributed by atoms with Crippen molar-refractivity contribution < 1.29 is 82.1 Å². The van der Waals surface area contributed by atoms with E-state index in [1.807, 2.05) is 0 Å². The van der Waals surface area contributed by atoms with Gasteiger partial charge in [0.05, 0.1) is 0 Å². The molecule has 1 radical (unpaired) electrons. The third kappa shape index (κ3) is 8.82. The van der Waals surface area contributed by atoms with E-state index < -0.39 is 0 Å². The van der Waals surface area contributed by atoms with E-state index in [0.717, 1.165) is 0 Å². The van der Waals surface area contributed by atoms with E-state index in [1.165, 1.54) is 0 Å². The van der Waals surface area contributed by atoms with Crippen molar-refractivity contribution in [2.24, 2.45) is 0 Å². The first-order valence-corrected chi connectivity index (χ1v) is 0. The van der Waals surface area contributed by atoms with E-state index in [0.29, 0.717) is 0 Å². The maximum atomic E-state index is 0. The molecule has 0 saturated carbocycles. The monoisotopic (exact) mass is 315 g/mol. The van der Waals surface area contributed by atoms with Crippen LogP contribution in [0.1, 0.15) is 7.43 Å². The minimum atomic E-state index is 0. The minimum absolute atomic E-state index is 0. The Hall–Kier alpha value is 2.50. The van der Waals surface area contributed by atoms with Crippen LogP contribution in [0.2, 0.25) is 0 Å². The van der Waals surface area contributed by atoms with Gasteiger partial charge in [-0.05, 0) is 0 Å². The Kier molecular flexibility index (Phi) is 140. The largest absolute Gasteiger partial charge is 0.269 e. The SMILES string of the molecule is C.F.[Ce].[La]. The van der Waals surface area contributed by atoms with E-state index in [-0.39, 0.29) is 89.5 Å². The van der Waals surface area contributed by atoms with Crippen LogP contribution in [0.3, 0.4) is 0 Å². The molecule has 0 aromatic carbocycles. The zero-order chi connectivity index (χ0) is 0. The fourth-order valence-electron chi connectivity index (χ4n) is 0. The Bertz CT molecular complexity index is 8.00. The fraction of sp³-hybridized carbons (Fsp3) is 1.00. The van der Waals surface area contributed by atoms with Gasteiger partial charge in [-0.3, -0.25) is 4.70 Å². The topological polar surface area (TPSA) is 0 Å². The van der Waals surface area contributed by atoms with Crippen LogP contribution in [0, 0.1) is 77.3 Å². The Morgan fingerprint density at radius 2 is 1.00 bits per heavy atom. The second-order valence-electron chi connectivity index (χ2n) is 0. The third-order valence-corrected chi connectivity index (χ3v) is 0. The Morgan fingerprint density at radius 1 is 1.00 bits per heavy atom. The summed E-state index contributed by atoms with van der Waals surface area (Å²) in [7, 11) is 0. The van der Waals surface area contributed by atoms with Gasteiger partial charge < -0.3 is 0 Å². The molecule has 23 valence electrons. The molecule has 0 rings (SSSR count). The molecule has 0 aliphatic heterocycles. The normalized spacial score (nSPS) is 0. The minimum Gasteiger partial charge on any atom is -0.269 e. The van der Waals surface area contributed by atoms with Crippen molar-refractivity contribution in [3.05, 3.63) is 0 Å². The van der Waals surface area contributed by atoms with Crippen molar-refractivity contribution in [2.75, 3.05) is 0 Å². The maximum Gasteiger partial charge on any atom is 0 e. The number of hydrogen-bond donors (Lipinski definition) is 0. The van der Waals surface area contributed by atoms with Gasteiger partial charge in [-0.2, -0.15) is 0 Å². The van der Waals surface area contributed by atoms with Crippen LogP contribution in [-0.4, -0.2) is 0 Å². The summed E-state index contributed by atoms with van der Waals surface area (Å²) in [5.74, 6) is 0. The van der Waals surface area contributed by atoms with Gasteiger partial charge in [-0.1, -0.05) is 7.43 Å². The quantitative estimate of drug-likeness (QED) is 0.620. The van der Waals surface area contributed by atoms with Gasteiger partial charge >= 0.3 is 0 Å². The summed E-state index contributed by atoms with van der Waals surface area (Å²) in [5.41, 5.74) is 0. The predicted molar refractivity (Wildman–Crippen MR) is 9.23 cm³/mol. The molecule has 4 heavy (non-hydrogen) atoms. The molecule has 0 fully saturated rings. The average Bonchev–Trinajstić information content (AvgIpc) is 0. The van der Waals surface area contributed by atoms with Crippen molar-refractivity contribution in [3.63, 3.8) is 0 Å². The first-order valence-electron chi connectivity index (χ1n) is 0. The van der Waals surface area contributed by atoms with E-state index in [4.69, 9.17) is 0 Å². The van der Waals surface area contributed by atoms with Crippen LogP contribution in [0.4, 0.5) is 4.70 Å². The molecule has 3 heteroatoms. The molecule has 0 aromatic rings. The van der Waals surface area contributed by atoms with Crippen LogP contribution < -0.4 is 0 Å². The Balaban J connectivity index is 0. The summed E-state index contributed by atoms with van der Waals surface area (Å²) in [4.78, 5) is 0. The standard InChI is InChI=1S/CH4.Ce.FH.La/h1H4;;1H;. The van der Waals surface area contributed by atoms with E-state index in [1.54, 1.807) is 0 Å². The second-order valence-corrected chi connectivity index (χ2v) is 0. The fourth-order valence-corrected chi connectivity index (χ4v) is 0. The van der Waals surface area contributed by atoms with E-state index >= 15 is 0 Å². The molecule has 0 bridgehead atoms. The summed E-state index contributed by atoms with van der Waals surface area (Å²) >= 11 is 0. The molecular weight excluding hydrogens is 310 g/mol. The molecule has 0 aromatic heterocycles. The Labute approximate surface area is 87.5 Å². The molecule has 0 atom stereocenters. The van der Waals surface area contributed by atoms with Gasteiger partial charge in [-0.15, -0.1) is 0 Å². The summed E-state index contributed by atoms with van der Waals surface area (Å²) in [6, 6.07) is 0. The van der Waals surface area contributed by atoms with Gasteiger partial charge in [0.25, 0.3) is 0 Å². The molecular formula is CH5CeFLa. The van der Waals surface area contributed by atoms with Gasteiger partial charge in [0.15, 0.2) is 0 Å². The average molecular weight is 315 g/mol. The first kappa shape index (κ1) is 31.4. The van der Waals surface area contributed by atoms with Crippen molar-refractivity contribution in [2.45, 2.75) is 7.43 Å². The zero-order valence-corrected chi connectivity index (χ0v) is 8.25. The van der Waals surface area contributed by atoms with Crippen LogP contribution in [-0.2, 0) is 0 Å². The van der Waals surface area contributed by atoms with Gasteiger partial charge in [0.1, 0.15) is 0 Å². The van der Waals surface area contributed by atoms with Gasteiger partial charge in [-0.25, -0.2) is 0 Å². The van der Waals surface area contributed by atoms with Gasteiger partial charge in [0, 0.05) is 77.3 Å². The zero-order valence-electron chi connectivity index (χ0n) is 1.49. The molecule has 0 heterocycles. The van der Waals surface area contributed by atoms with E-state index in [9.17, 15) is 0 Å². The first-order chi connectivity index (χ1) is 0. The van der Waals surface area contributed by atoms with E-state index in [2.05, 4.69) is 0 Å². The molecule has 0 saturated heterocycles. The third-order valence-electron chi connectivity index (χ3n) is 0. The van der Waals surface area contributed by atoms with Crippen LogP contribution >= 0.6 is 0 Å². The second kappa shape index (κ2) is 17.8. The summed E-state index contributed by atoms with van der Waals surface area (Å²) < 4.78 is 0. The molecule has 0 spiro atoms. The number of rotatable bonds is 0. The predicted octanol–water partition coefficient (Wildman–Crippen LogP) is 0.789. The summed E-state index contributed by atoms with van der Waals surface area (Å²) in [6.45, 7) is 0. The number of halogens is 1. The maximum absolute atomic E-state index is 0. The molecule has 0 aliphatic rings.